The van der Waals surface area contributed by atoms with Crippen LogP contribution in [0, 0.1) is 0 Å². The number of carbonyl (C=O) groups excluding carboxylic acids is 2. The van der Waals surface area contributed by atoms with E-state index in [1.165, 1.54) is 347 Å². The van der Waals surface area contributed by atoms with E-state index >= 15 is 0 Å². The largest absolute Gasteiger partial charge is 0.472 e. The second-order valence-electron chi connectivity index (χ2n) is 30.5. The predicted octanol–water partition coefficient (Wildman–Crippen LogP) is 28.8. The molecule has 0 bridgehead atoms. The summed E-state index contributed by atoms with van der Waals surface area (Å²) in [6.07, 6.45) is 107. The van der Waals surface area contributed by atoms with Gasteiger partial charge in [-0.2, -0.15) is 0 Å². The fourth-order valence-electron chi connectivity index (χ4n) is 13.0. The number of phosphoric ester groups is 1. The monoisotopic (exact) mass is 1400 g/mol. The molecule has 98 heavy (non-hydrogen) atoms. The van der Waals surface area contributed by atoms with E-state index in [-0.39, 0.29) is 25.6 Å². The first-order valence-corrected chi connectivity index (χ1v) is 44.5. The van der Waals surface area contributed by atoms with E-state index in [1.807, 2.05) is 21.1 Å². The third kappa shape index (κ3) is 82.7. The van der Waals surface area contributed by atoms with Crippen LogP contribution in [0.4, 0.5) is 0 Å². The van der Waals surface area contributed by atoms with E-state index in [0.29, 0.717) is 23.9 Å². The van der Waals surface area contributed by atoms with Gasteiger partial charge >= 0.3 is 19.8 Å². The van der Waals surface area contributed by atoms with Gasteiger partial charge in [0.25, 0.3) is 0 Å². The molecule has 0 aliphatic heterocycles. The van der Waals surface area contributed by atoms with Crippen LogP contribution in [-0.2, 0) is 32.7 Å². The lowest BCUT2D eigenvalue weighted by Crippen LogP contribution is -2.37. The molecule has 10 heteroatoms. The summed E-state index contributed by atoms with van der Waals surface area (Å²) < 4.78 is 34.9. The minimum Gasteiger partial charge on any atom is -0.462 e. The molecule has 0 saturated heterocycles. The molecule has 0 saturated carbocycles. The van der Waals surface area contributed by atoms with Crippen molar-refractivity contribution in [2.75, 3.05) is 47.5 Å². The van der Waals surface area contributed by atoms with Crippen molar-refractivity contribution in [2.45, 2.75) is 444 Å². The van der Waals surface area contributed by atoms with Gasteiger partial charge in [-0.15, -0.1) is 0 Å². The standard InChI is InChI=1S/C88H166NO8P/c1-6-8-10-12-14-16-18-20-22-24-26-28-30-32-34-36-38-40-42-44-46-48-50-52-54-56-58-60-62-64-66-68-70-72-74-76-78-80-87(90)94-84-86(85-96-98(92,93)95-83-82-89(3,4)5)97-88(91)81-79-77-75-73-71-69-67-65-63-61-59-57-55-53-51-49-47-45-43-41-39-37-35-33-31-29-27-25-23-21-19-17-15-13-11-9-7-2/h9,11,15,17,21,23-24,26-27,29,86H,6-8,10,12-14,16,18-20,22,25,28,30-85H2,1-5H3/p+1/b11-9-,17-15-,23-21-,26-24-,29-27-. The molecule has 0 radical (unpaired) electrons. The zero-order valence-corrected chi connectivity index (χ0v) is 66.9. The molecule has 0 amide bonds. The summed E-state index contributed by atoms with van der Waals surface area (Å²) in [6, 6.07) is 0. The van der Waals surface area contributed by atoms with Crippen LogP contribution in [0.5, 0.6) is 0 Å². The lowest BCUT2D eigenvalue weighted by Gasteiger charge is -2.24. The Morgan fingerprint density at radius 3 is 0.878 bits per heavy atom. The molecule has 0 aliphatic rings. The highest BCUT2D eigenvalue weighted by Gasteiger charge is 2.27. The quantitative estimate of drug-likeness (QED) is 0.0211. The Balaban J connectivity index is 3.86. The van der Waals surface area contributed by atoms with Crippen molar-refractivity contribution in [3.05, 3.63) is 60.8 Å². The van der Waals surface area contributed by atoms with E-state index in [4.69, 9.17) is 18.5 Å². The van der Waals surface area contributed by atoms with Crippen molar-refractivity contribution in [1.82, 2.24) is 0 Å². The van der Waals surface area contributed by atoms with Crippen molar-refractivity contribution in [3.8, 4) is 0 Å². The van der Waals surface area contributed by atoms with Gasteiger partial charge in [0.1, 0.15) is 19.8 Å². The molecule has 0 aromatic rings. The van der Waals surface area contributed by atoms with Crippen LogP contribution in [0.2, 0.25) is 0 Å². The van der Waals surface area contributed by atoms with Gasteiger partial charge in [0.05, 0.1) is 27.7 Å². The molecule has 0 rings (SSSR count). The lowest BCUT2D eigenvalue weighted by atomic mass is 10.0. The average molecular weight is 1400 g/mol. The van der Waals surface area contributed by atoms with Gasteiger partial charge in [-0.25, -0.2) is 4.57 Å². The van der Waals surface area contributed by atoms with Gasteiger partial charge in [0.2, 0.25) is 0 Å². The number of rotatable bonds is 81. The Kier molecular flexibility index (Phi) is 77.0. The normalized spacial score (nSPS) is 13.2. The highest BCUT2D eigenvalue weighted by atomic mass is 31.2. The first kappa shape index (κ1) is 95.7. The molecule has 0 aromatic carbocycles. The van der Waals surface area contributed by atoms with Crippen molar-refractivity contribution in [1.29, 1.82) is 0 Å². The zero-order chi connectivity index (χ0) is 71.1. The van der Waals surface area contributed by atoms with E-state index < -0.39 is 26.5 Å². The second-order valence-corrected chi connectivity index (χ2v) is 32.0. The summed E-state index contributed by atoms with van der Waals surface area (Å²) in [7, 11) is 1.50. The van der Waals surface area contributed by atoms with Crippen LogP contribution in [0.15, 0.2) is 60.8 Å². The fourth-order valence-corrected chi connectivity index (χ4v) is 13.8. The van der Waals surface area contributed by atoms with Crippen LogP contribution in [0.25, 0.3) is 0 Å². The summed E-state index contributed by atoms with van der Waals surface area (Å²) in [5, 5.41) is 0. The maximum absolute atomic E-state index is 12.9. The summed E-state index contributed by atoms with van der Waals surface area (Å²) in [5.41, 5.74) is 0. The Hall–Kier alpha value is -2.29. The van der Waals surface area contributed by atoms with Crippen LogP contribution in [0.3, 0.4) is 0 Å². The van der Waals surface area contributed by atoms with E-state index in [0.717, 1.165) is 57.8 Å². The van der Waals surface area contributed by atoms with Crippen molar-refractivity contribution in [3.63, 3.8) is 0 Å². The predicted molar refractivity (Wildman–Crippen MR) is 427 cm³/mol. The summed E-state index contributed by atoms with van der Waals surface area (Å²) in [6.45, 7) is 4.40. The van der Waals surface area contributed by atoms with Crippen molar-refractivity contribution < 1.29 is 42.1 Å². The zero-order valence-electron chi connectivity index (χ0n) is 66.0. The molecule has 0 heterocycles. The minimum atomic E-state index is -4.40. The maximum atomic E-state index is 12.9. The lowest BCUT2D eigenvalue weighted by molar-refractivity contribution is -0.870. The maximum Gasteiger partial charge on any atom is 0.472 e. The molecular formula is C88H167NO8P+. The molecule has 0 aliphatic carbocycles. The third-order valence-corrected chi connectivity index (χ3v) is 20.5. The van der Waals surface area contributed by atoms with Gasteiger partial charge < -0.3 is 18.9 Å². The van der Waals surface area contributed by atoms with Crippen LogP contribution in [-0.4, -0.2) is 74.9 Å². The van der Waals surface area contributed by atoms with Crippen molar-refractivity contribution in [2.24, 2.45) is 0 Å². The molecule has 576 valence electrons. The summed E-state index contributed by atoms with van der Waals surface area (Å²) in [5.74, 6) is -0.771. The number of quaternary nitrogens is 1. The van der Waals surface area contributed by atoms with Gasteiger partial charge in [0.15, 0.2) is 6.10 Å². The summed E-state index contributed by atoms with van der Waals surface area (Å²) in [4.78, 5) is 36.0. The number of esters is 2. The Morgan fingerprint density at radius 2 is 0.582 bits per heavy atom. The molecule has 2 atom stereocenters. The molecule has 0 fully saturated rings. The number of ether oxygens (including phenoxy) is 2. The van der Waals surface area contributed by atoms with Gasteiger partial charge in [-0.05, 0) is 77.0 Å². The molecule has 0 spiro atoms. The van der Waals surface area contributed by atoms with E-state index in [2.05, 4.69) is 74.6 Å². The molecule has 2 unspecified atom stereocenters. The number of hydrogen-bond acceptors (Lipinski definition) is 7. The number of likely N-dealkylation sites (N-methyl/N-ethyl adjacent to an activating group) is 1. The first-order valence-electron chi connectivity index (χ1n) is 43.0. The van der Waals surface area contributed by atoms with Crippen LogP contribution >= 0.6 is 7.82 Å². The smallest absolute Gasteiger partial charge is 0.462 e. The third-order valence-electron chi connectivity index (χ3n) is 19.5. The van der Waals surface area contributed by atoms with E-state index in [9.17, 15) is 19.0 Å². The average Bonchev–Trinajstić information content (AvgIpc) is 1.08. The molecule has 0 aromatic heterocycles. The Bertz CT molecular complexity index is 1840. The number of nitrogens with zero attached hydrogens (tertiary/aromatic N) is 1. The van der Waals surface area contributed by atoms with Gasteiger partial charge in [-0.3, -0.25) is 18.6 Å². The fraction of sp³-hybridized carbons (Fsp3) is 0.864. The highest BCUT2D eigenvalue weighted by Crippen LogP contribution is 2.43. The molecular weight excluding hydrogens is 1230 g/mol. The Labute approximate surface area is 610 Å². The first-order chi connectivity index (χ1) is 48.0. The Morgan fingerprint density at radius 1 is 0.327 bits per heavy atom. The summed E-state index contributed by atoms with van der Waals surface area (Å²) >= 11 is 0. The highest BCUT2D eigenvalue weighted by molar-refractivity contribution is 7.47. The number of hydrogen-bond donors (Lipinski definition) is 1. The number of carbonyl (C=O) groups is 2. The minimum absolute atomic E-state index is 0.0347. The van der Waals surface area contributed by atoms with Gasteiger partial charge in [-0.1, -0.05) is 408 Å². The number of phosphoric acid groups is 1. The van der Waals surface area contributed by atoms with Gasteiger partial charge in [0, 0.05) is 12.8 Å². The van der Waals surface area contributed by atoms with Crippen LogP contribution in [0.1, 0.15) is 438 Å². The number of allylic oxidation sites excluding steroid dienone is 10. The number of unbranched alkanes of at least 4 members (excludes halogenated alkanes) is 57. The SMILES string of the molecule is CC/C=C\C/C=C\C/C=C\C/C=C\CCCCCCCCCCCCCCCCCCCCCCCCCCC(=O)OC(COC(=O)CCCCCCCCCCCCCCCCCCCCCCCCCCC/C=C\CCCCCCCCCC)COP(=O)(O)OCC[N+](C)(C)C. The second kappa shape index (κ2) is 78.8. The topological polar surface area (TPSA) is 108 Å². The molecule has 1 N–H and O–H groups in total. The molecule has 9 nitrogen and oxygen atoms in total. The van der Waals surface area contributed by atoms with Crippen molar-refractivity contribution >= 4 is 19.8 Å². The van der Waals surface area contributed by atoms with E-state index in [1.54, 1.807) is 0 Å². The van der Waals surface area contributed by atoms with Crippen LogP contribution < -0.4 is 0 Å².